The fourth-order valence-electron chi connectivity index (χ4n) is 1.79. The van der Waals surface area contributed by atoms with Crippen molar-refractivity contribution in [3.63, 3.8) is 0 Å². The normalized spacial score (nSPS) is 10.6. The minimum atomic E-state index is 0.570. The van der Waals surface area contributed by atoms with Gasteiger partial charge in [0.25, 0.3) is 0 Å². The summed E-state index contributed by atoms with van der Waals surface area (Å²) in [7, 11) is 0. The average molecular weight is 245 g/mol. The molecule has 0 saturated heterocycles. The number of imidazole rings is 1. The Hall–Kier alpha value is -1.81. The second-order valence-electron chi connectivity index (χ2n) is 4.22. The zero-order valence-corrected chi connectivity index (χ0v) is 10.7. The van der Waals surface area contributed by atoms with Crippen LogP contribution < -0.4 is 10.5 Å². The lowest BCUT2D eigenvalue weighted by Crippen LogP contribution is -2.05. The van der Waals surface area contributed by atoms with Gasteiger partial charge in [-0.25, -0.2) is 4.98 Å². The molecule has 0 aliphatic rings. The maximum atomic E-state index is 5.67. The topological polar surface area (TPSA) is 53.1 Å². The number of rotatable bonds is 6. The van der Waals surface area contributed by atoms with E-state index in [1.165, 1.54) is 0 Å². The molecule has 0 fully saturated rings. The fourth-order valence-corrected chi connectivity index (χ4v) is 1.79. The molecular formula is C14H19N3O. The van der Waals surface area contributed by atoms with Crippen molar-refractivity contribution >= 4 is 0 Å². The standard InChI is InChI=1S/C14H19N3O/c1-12-16-7-9-17(12)8-2-10-18-14-5-3-13(11-15)4-6-14/h3-7,9H,2,8,10-11,15H2,1H3. The highest BCUT2D eigenvalue weighted by atomic mass is 16.5. The number of nitrogens with zero attached hydrogens (tertiary/aromatic N) is 2. The third-order valence-electron chi connectivity index (χ3n) is 2.89. The molecule has 1 heterocycles. The lowest BCUT2D eigenvalue weighted by Gasteiger charge is -2.08. The van der Waals surface area contributed by atoms with E-state index >= 15 is 0 Å². The number of benzene rings is 1. The predicted octanol–water partition coefficient (Wildman–Crippen LogP) is 2.12. The Bertz CT molecular complexity index is 476. The van der Waals surface area contributed by atoms with Crippen molar-refractivity contribution in [3.8, 4) is 5.75 Å². The number of nitrogens with two attached hydrogens (primary N) is 1. The summed E-state index contributed by atoms with van der Waals surface area (Å²) in [5, 5.41) is 0. The molecule has 18 heavy (non-hydrogen) atoms. The number of aromatic nitrogens is 2. The lowest BCUT2D eigenvalue weighted by atomic mass is 10.2. The first-order valence-corrected chi connectivity index (χ1v) is 6.19. The number of hydrogen-bond donors (Lipinski definition) is 1. The highest BCUT2D eigenvalue weighted by Crippen LogP contribution is 2.12. The summed E-state index contributed by atoms with van der Waals surface area (Å²) in [6.45, 7) is 4.22. The summed E-state index contributed by atoms with van der Waals surface area (Å²) in [6.07, 6.45) is 4.78. The number of ether oxygens (including phenoxy) is 1. The molecule has 1 aromatic carbocycles. The van der Waals surface area contributed by atoms with E-state index in [4.69, 9.17) is 10.5 Å². The SMILES string of the molecule is Cc1nccn1CCCOc1ccc(CN)cc1. The van der Waals surface area contributed by atoms with Crippen molar-refractivity contribution in [1.82, 2.24) is 9.55 Å². The van der Waals surface area contributed by atoms with E-state index in [9.17, 15) is 0 Å². The van der Waals surface area contributed by atoms with Crippen molar-refractivity contribution in [1.29, 1.82) is 0 Å². The smallest absolute Gasteiger partial charge is 0.119 e. The summed E-state index contributed by atoms with van der Waals surface area (Å²) < 4.78 is 7.79. The minimum absolute atomic E-state index is 0.570. The van der Waals surface area contributed by atoms with Crippen LogP contribution in [0.25, 0.3) is 0 Å². The quantitative estimate of drug-likeness (QED) is 0.793. The molecule has 0 aliphatic carbocycles. The molecule has 0 unspecified atom stereocenters. The van der Waals surface area contributed by atoms with Gasteiger partial charge in [-0.05, 0) is 31.0 Å². The molecule has 2 N–H and O–H groups in total. The maximum Gasteiger partial charge on any atom is 0.119 e. The molecule has 2 aromatic rings. The predicted molar refractivity (Wildman–Crippen MR) is 71.4 cm³/mol. The van der Waals surface area contributed by atoms with E-state index in [2.05, 4.69) is 9.55 Å². The molecule has 1 aromatic heterocycles. The Balaban J connectivity index is 1.73. The molecule has 0 atom stereocenters. The molecule has 2 rings (SSSR count). The minimum Gasteiger partial charge on any atom is -0.494 e. The molecule has 0 radical (unpaired) electrons. The van der Waals surface area contributed by atoms with Gasteiger partial charge in [0.1, 0.15) is 11.6 Å². The van der Waals surface area contributed by atoms with Crippen LogP contribution in [0.5, 0.6) is 5.75 Å². The van der Waals surface area contributed by atoms with Gasteiger partial charge in [0.15, 0.2) is 0 Å². The first-order valence-electron chi connectivity index (χ1n) is 6.19. The van der Waals surface area contributed by atoms with E-state index in [1.54, 1.807) is 0 Å². The molecule has 0 saturated carbocycles. The van der Waals surface area contributed by atoms with E-state index in [0.717, 1.165) is 30.1 Å². The molecule has 4 nitrogen and oxygen atoms in total. The van der Waals surface area contributed by atoms with E-state index in [-0.39, 0.29) is 0 Å². The maximum absolute atomic E-state index is 5.67. The van der Waals surface area contributed by atoms with E-state index in [1.807, 2.05) is 43.6 Å². The average Bonchev–Trinajstić information content (AvgIpc) is 2.81. The number of aryl methyl sites for hydroxylation is 2. The third kappa shape index (κ3) is 3.34. The van der Waals surface area contributed by atoms with Gasteiger partial charge in [-0.3, -0.25) is 0 Å². The van der Waals surface area contributed by atoms with Gasteiger partial charge in [0, 0.05) is 25.5 Å². The van der Waals surface area contributed by atoms with Gasteiger partial charge in [0.2, 0.25) is 0 Å². The van der Waals surface area contributed by atoms with Gasteiger partial charge in [-0.1, -0.05) is 12.1 Å². The second kappa shape index (κ2) is 6.21. The zero-order valence-electron chi connectivity index (χ0n) is 10.7. The molecule has 0 bridgehead atoms. The Morgan fingerprint density at radius 2 is 2.06 bits per heavy atom. The van der Waals surface area contributed by atoms with Crippen LogP contribution in [0, 0.1) is 6.92 Å². The lowest BCUT2D eigenvalue weighted by molar-refractivity contribution is 0.301. The number of hydrogen-bond acceptors (Lipinski definition) is 3. The monoisotopic (exact) mass is 245 g/mol. The zero-order chi connectivity index (χ0) is 12.8. The fraction of sp³-hybridized carbons (Fsp3) is 0.357. The van der Waals surface area contributed by atoms with Crippen molar-refractivity contribution in [2.75, 3.05) is 6.61 Å². The molecule has 0 amide bonds. The van der Waals surface area contributed by atoms with Gasteiger partial charge < -0.3 is 15.0 Å². The Morgan fingerprint density at radius 3 is 2.67 bits per heavy atom. The Kier molecular flexibility index (Phi) is 4.36. The Morgan fingerprint density at radius 1 is 1.28 bits per heavy atom. The van der Waals surface area contributed by atoms with E-state index in [0.29, 0.717) is 13.2 Å². The molecule has 96 valence electrons. The summed E-state index contributed by atoms with van der Waals surface area (Å²) in [5.74, 6) is 1.94. The summed E-state index contributed by atoms with van der Waals surface area (Å²) in [4.78, 5) is 4.18. The van der Waals surface area contributed by atoms with Gasteiger partial charge in [-0.2, -0.15) is 0 Å². The first kappa shape index (κ1) is 12.6. The van der Waals surface area contributed by atoms with Crippen molar-refractivity contribution in [3.05, 3.63) is 48.0 Å². The van der Waals surface area contributed by atoms with Crippen molar-refractivity contribution in [2.24, 2.45) is 5.73 Å². The molecule has 0 aliphatic heterocycles. The third-order valence-corrected chi connectivity index (χ3v) is 2.89. The van der Waals surface area contributed by atoms with Gasteiger partial charge >= 0.3 is 0 Å². The summed E-state index contributed by atoms with van der Waals surface area (Å²) >= 11 is 0. The van der Waals surface area contributed by atoms with Crippen LogP contribution in [0.2, 0.25) is 0 Å². The van der Waals surface area contributed by atoms with Crippen LogP contribution in [0.4, 0.5) is 0 Å². The molecule has 0 spiro atoms. The second-order valence-corrected chi connectivity index (χ2v) is 4.22. The van der Waals surface area contributed by atoms with Gasteiger partial charge in [-0.15, -0.1) is 0 Å². The van der Waals surface area contributed by atoms with Crippen LogP contribution in [0.1, 0.15) is 17.8 Å². The van der Waals surface area contributed by atoms with Gasteiger partial charge in [0.05, 0.1) is 6.61 Å². The Labute approximate surface area is 107 Å². The van der Waals surface area contributed by atoms with Crippen LogP contribution in [-0.2, 0) is 13.1 Å². The van der Waals surface area contributed by atoms with Crippen LogP contribution in [0.3, 0.4) is 0 Å². The van der Waals surface area contributed by atoms with E-state index < -0.39 is 0 Å². The summed E-state index contributed by atoms with van der Waals surface area (Å²) in [6, 6.07) is 7.92. The highest BCUT2D eigenvalue weighted by Gasteiger charge is 1.97. The van der Waals surface area contributed by atoms with Crippen molar-refractivity contribution in [2.45, 2.75) is 26.4 Å². The van der Waals surface area contributed by atoms with Crippen molar-refractivity contribution < 1.29 is 4.74 Å². The highest BCUT2D eigenvalue weighted by molar-refractivity contribution is 5.26. The van der Waals surface area contributed by atoms with Crippen LogP contribution >= 0.6 is 0 Å². The first-order chi connectivity index (χ1) is 8.79. The van der Waals surface area contributed by atoms with Crippen LogP contribution in [0.15, 0.2) is 36.7 Å². The largest absolute Gasteiger partial charge is 0.494 e. The molecular weight excluding hydrogens is 226 g/mol. The van der Waals surface area contributed by atoms with Crippen LogP contribution in [-0.4, -0.2) is 16.2 Å². The molecule has 4 heteroatoms. The summed E-state index contributed by atoms with van der Waals surface area (Å²) in [5.41, 5.74) is 6.66.